The lowest BCUT2D eigenvalue weighted by molar-refractivity contribution is 0.00101. The van der Waals surface area contributed by atoms with Crippen molar-refractivity contribution in [2.75, 3.05) is 19.6 Å². The van der Waals surface area contributed by atoms with Gasteiger partial charge in [-0.15, -0.1) is 0 Å². The van der Waals surface area contributed by atoms with Gasteiger partial charge in [-0.05, 0) is 45.1 Å². The normalized spacial score (nSPS) is 37.1. The molecule has 1 N–H and O–H groups in total. The molecule has 0 radical (unpaired) electrons. The maximum Gasteiger partial charge on any atom is 0.0707 e. The fourth-order valence-electron chi connectivity index (χ4n) is 3.37. The summed E-state index contributed by atoms with van der Waals surface area (Å²) < 4.78 is 6.19. The van der Waals surface area contributed by atoms with Gasteiger partial charge in [0.05, 0.1) is 12.2 Å². The SMILES string of the molecule is CC(C)NCC1CCC(CN2CCCC(C)C2C)O1. The second kappa shape index (κ2) is 7.05. The summed E-state index contributed by atoms with van der Waals surface area (Å²) in [5.41, 5.74) is 0. The number of nitrogens with zero attached hydrogens (tertiary/aromatic N) is 1. The predicted octanol–water partition coefficient (Wildman–Crippen LogP) is 2.65. The van der Waals surface area contributed by atoms with Crippen LogP contribution in [-0.2, 0) is 4.74 Å². The highest BCUT2D eigenvalue weighted by Crippen LogP contribution is 2.26. The van der Waals surface area contributed by atoms with Crippen molar-refractivity contribution in [1.82, 2.24) is 10.2 Å². The molecule has 0 spiro atoms. The summed E-state index contributed by atoms with van der Waals surface area (Å²) in [6.45, 7) is 12.6. The third-order valence-corrected chi connectivity index (χ3v) is 4.89. The molecule has 3 nitrogen and oxygen atoms in total. The van der Waals surface area contributed by atoms with E-state index in [1.54, 1.807) is 0 Å². The molecule has 2 fully saturated rings. The van der Waals surface area contributed by atoms with Crippen LogP contribution >= 0.6 is 0 Å². The van der Waals surface area contributed by atoms with Crippen molar-refractivity contribution >= 4 is 0 Å². The van der Waals surface area contributed by atoms with Gasteiger partial charge in [-0.1, -0.05) is 20.8 Å². The van der Waals surface area contributed by atoms with Gasteiger partial charge in [0.1, 0.15) is 0 Å². The Kier molecular flexibility index (Phi) is 5.67. The quantitative estimate of drug-likeness (QED) is 0.829. The summed E-state index contributed by atoms with van der Waals surface area (Å²) in [5, 5.41) is 3.49. The van der Waals surface area contributed by atoms with E-state index in [0.29, 0.717) is 18.2 Å². The first-order valence-corrected chi connectivity index (χ1v) is 8.19. The molecule has 0 aromatic carbocycles. The van der Waals surface area contributed by atoms with Crippen LogP contribution in [0, 0.1) is 5.92 Å². The predicted molar refractivity (Wildman–Crippen MR) is 80.5 cm³/mol. The number of hydrogen-bond acceptors (Lipinski definition) is 3. The van der Waals surface area contributed by atoms with Gasteiger partial charge in [0.25, 0.3) is 0 Å². The lowest BCUT2D eigenvalue weighted by Crippen LogP contribution is -2.46. The third-order valence-electron chi connectivity index (χ3n) is 4.89. The van der Waals surface area contributed by atoms with Crippen molar-refractivity contribution < 1.29 is 4.74 Å². The molecule has 0 amide bonds. The molecule has 0 aromatic rings. The fourth-order valence-corrected chi connectivity index (χ4v) is 3.37. The van der Waals surface area contributed by atoms with Crippen LogP contribution in [0.15, 0.2) is 0 Å². The minimum Gasteiger partial charge on any atom is -0.372 e. The maximum atomic E-state index is 6.19. The smallest absolute Gasteiger partial charge is 0.0707 e. The minimum atomic E-state index is 0.435. The highest BCUT2D eigenvalue weighted by molar-refractivity contribution is 4.84. The molecular formula is C16H32N2O. The number of rotatable bonds is 5. The number of hydrogen-bond donors (Lipinski definition) is 1. The Morgan fingerprint density at radius 3 is 2.63 bits per heavy atom. The first-order chi connectivity index (χ1) is 9.06. The van der Waals surface area contributed by atoms with Crippen LogP contribution in [0.2, 0.25) is 0 Å². The number of piperidine rings is 1. The lowest BCUT2D eigenvalue weighted by atomic mass is 9.92. The Bertz CT molecular complexity index is 269. The zero-order valence-electron chi connectivity index (χ0n) is 13.2. The highest BCUT2D eigenvalue weighted by atomic mass is 16.5. The number of ether oxygens (including phenoxy) is 1. The second-order valence-electron chi connectivity index (χ2n) is 6.88. The van der Waals surface area contributed by atoms with E-state index in [4.69, 9.17) is 4.74 Å². The molecule has 2 rings (SSSR count). The van der Waals surface area contributed by atoms with Crippen LogP contribution in [-0.4, -0.2) is 48.8 Å². The Labute approximate surface area is 119 Å². The minimum absolute atomic E-state index is 0.435. The van der Waals surface area contributed by atoms with Gasteiger partial charge in [-0.25, -0.2) is 0 Å². The van der Waals surface area contributed by atoms with E-state index in [1.165, 1.54) is 32.2 Å². The first-order valence-electron chi connectivity index (χ1n) is 8.19. The van der Waals surface area contributed by atoms with E-state index in [0.717, 1.165) is 25.0 Å². The Balaban J connectivity index is 1.72. The van der Waals surface area contributed by atoms with Gasteiger partial charge in [0.15, 0.2) is 0 Å². The molecule has 112 valence electrons. The average molecular weight is 268 g/mol. The lowest BCUT2D eigenvalue weighted by Gasteiger charge is -2.39. The molecule has 19 heavy (non-hydrogen) atoms. The van der Waals surface area contributed by atoms with Gasteiger partial charge in [0.2, 0.25) is 0 Å². The summed E-state index contributed by atoms with van der Waals surface area (Å²) in [6.07, 6.45) is 6.11. The third kappa shape index (κ3) is 4.44. The number of likely N-dealkylation sites (tertiary alicyclic amines) is 1. The molecule has 2 saturated heterocycles. The van der Waals surface area contributed by atoms with E-state index in [9.17, 15) is 0 Å². The molecule has 2 aliphatic heterocycles. The largest absolute Gasteiger partial charge is 0.372 e. The molecule has 0 aliphatic carbocycles. The van der Waals surface area contributed by atoms with Crippen molar-refractivity contribution in [3.05, 3.63) is 0 Å². The van der Waals surface area contributed by atoms with Crippen molar-refractivity contribution in [2.24, 2.45) is 5.92 Å². The van der Waals surface area contributed by atoms with Crippen molar-refractivity contribution in [3.8, 4) is 0 Å². The zero-order chi connectivity index (χ0) is 13.8. The first kappa shape index (κ1) is 15.3. The van der Waals surface area contributed by atoms with Crippen LogP contribution in [0.25, 0.3) is 0 Å². The van der Waals surface area contributed by atoms with Crippen molar-refractivity contribution in [2.45, 2.75) is 77.7 Å². The molecular weight excluding hydrogens is 236 g/mol. The molecule has 3 heteroatoms. The van der Waals surface area contributed by atoms with Gasteiger partial charge in [0, 0.05) is 25.2 Å². The summed E-state index contributed by atoms with van der Waals surface area (Å²) in [5.74, 6) is 0.841. The van der Waals surface area contributed by atoms with Crippen LogP contribution < -0.4 is 5.32 Å². The van der Waals surface area contributed by atoms with E-state index >= 15 is 0 Å². The highest BCUT2D eigenvalue weighted by Gasteiger charge is 2.31. The molecule has 0 bridgehead atoms. The standard InChI is InChI=1S/C16H32N2O/c1-12(2)17-10-15-7-8-16(19-15)11-18-9-5-6-13(3)14(18)4/h12-17H,5-11H2,1-4H3. The Hall–Kier alpha value is -0.120. The summed E-state index contributed by atoms with van der Waals surface area (Å²) in [7, 11) is 0. The van der Waals surface area contributed by atoms with E-state index < -0.39 is 0 Å². The number of nitrogens with one attached hydrogen (secondary N) is 1. The van der Waals surface area contributed by atoms with Gasteiger partial charge >= 0.3 is 0 Å². The molecule has 0 aromatic heterocycles. The van der Waals surface area contributed by atoms with Gasteiger partial charge < -0.3 is 10.1 Å². The molecule has 2 heterocycles. The van der Waals surface area contributed by atoms with Crippen molar-refractivity contribution in [1.29, 1.82) is 0 Å². The maximum absolute atomic E-state index is 6.19. The second-order valence-corrected chi connectivity index (χ2v) is 6.88. The fraction of sp³-hybridized carbons (Fsp3) is 1.00. The molecule has 0 saturated carbocycles. The Morgan fingerprint density at radius 1 is 1.16 bits per heavy atom. The van der Waals surface area contributed by atoms with Crippen LogP contribution in [0.5, 0.6) is 0 Å². The summed E-state index contributed by atoms with van der Waals surface area (Å²) in [4.78, 5) is 2.65. The molecule has 2 aliphatic rings. The summed E-state index contributed by atoms with van der Waals surface area (Å²) in [6, 6.07) is 1.29. The topological polar surface area (TPSA) is 24.5 Å². The van der Waals surface area contributed by atoms with Gasteiger partial charge in [-0.2, -0.15) is 0 Å². The average Bonchev–Trinajstić information content (AvgIpc) is 2.80. The van der Waals surface area contributed by atoms with E-state index in [-0.39, 0.29) is 0 Å². The van der Waals surface area contributed by atoms with Gasteiger partial charge in [-0.3, -0.25) is 4.90 Å². The zero-order valence-corrected chi connectivity index (χ0v) is 13.2. The van der Waals surface area contributed by atoms with E-state index in [2.05, 4.69) is 37.9 Å². The molecule has 4 unspecified atom stereocenters. The monoisotopic (exact) mass is 268 g/mol. The van der Waals surface area contributed by atoms with E-state index in [1.807, 2.05) is 0 Å². The Morgan fingerprint density at radius 2 is 1.89 bits per heavy atom. The molecule has 4 atom stereocenters. The summed E-state index contributed by atoms with van der Waals surface area (Å²) >= 11 is 0. The van der Waals surface area contributed by atoms with Crippen molar-refractivity contribution in [3.63, 3.8) is 0 Å². The van der Waals surface area contributed by atoms with Crippen LogP contribution in [0.3, 0.4) is 0 Å². The van der Waals surface area contributed by atoms with Crippen LogP contribution in [0.4, 0.5) is 0 Å². The van der Waals surface area contributed by atoms with Crippen LogP contribution in [0.1, 0.15) is 53.4 Å².